The maximum atomic E-state index is 5.06. The SMILES string of the molecule is c1c[nH]c(-c2ccc3ncc(-c4ccc5ccccc5n4)nc3c2-c2ncc3ccccc3n2)c1. The van der Waals surface area contributed by atoms with Gasteiger partial charge >= 0.3 is 0 Å². The van der Waals surface area contributed by atoms with E-state index in [0.717, 1.165) is 55.4 Å². The highest BCUT2D eigenvalue weighted by molar-refractivity contribution is 5.99. The van der Waals surface area contributed by atoms with Crippen LogP contribution in [-0.4, -0.2) is 29.9 Å². The molecule has 0 saturated heterocycles. The average molecular weight is 451 g/mol. The monoisotopic (exact) mass is 450 g/mol. The van der Waals surface area contributed by atoms with E-state index in [1.807, 2.05) is 85.2 Å². The van der Waals surface area contributed by atoms with Gasteiger partial charge in [-0.15, -0.1) is 0 Å². The summed E-state index contributed by atoms with van der Waals surface area (Å²) in [6.07, 6.45) is 5.54. The standard InChI is InChI=1S/C29H18N6/c1-3-8-21-18(6-1)11-13-24(33-21)26-17-31-25-14-12-20(23-10-5-15-30-23)27(28(25)34-26)29-32-16-19-7-2-4-9-22(19)35-29/h1-17,30H. The van der Waals surface area contributed by atoms with Crippen molar-refractivity contribution in [1.29, 1.82) is 0 Å². The fourth-order valence-corrected chi connectivity index (χ4v) is 4.45. The second kappa shape index (κ2) is 7.81. The third-order valence-electron chi connectivity index (χ3n) is 6.18. The zero-order valence-corrected chi connectivity index (χ0v) is 18.6. The van der Waals surface area contributed by atoms with E-state index < -0.39 is 0 Å². The second-order valence-electron chi connectivity index (χ2n) is 8.34. The van der Waals surface area contributed by atoms with Gasteiger partial charge in [0.15, 0.2) is 5.82 Å². The summed E-state index contributed by atoms with van der Waals surface area (Å²) >= 11 is 0. The van der Waals surface area contributed by atoms with Gasteiger partial charge in [0, 0.05) is 34.4 Å². The minimum Gasteiger partial charge on any atom is -0.361 e. The first-order chi connectivity index (χ1) is 17.3. The molecule has 4 heterocycles. The molecule has 7 aromatic rings. The summed E-state index contributed by atoms with van der Waals surface area (Å²) < 4.78 is 0. The summed E-state index contributed by atoms with van der Waals surface area (Å²) in [6, 6.07) is 28.1. The first-order valence-corrected chi connectivity index (χ1v) is 11.4. The molecule has 1 N–H and O–H groups in total. The highest BCUT2D eigenvalue weighted by Gasteiger charge is 2.18. The number of para-hydroxylation sites is 2. The van der Waals surface area contributed by atoms with Crippen LogP contribution in [0.4, 0.5) is 0 Å². The van der Waals surface area contributed by atoms with E-state index in [2.05, 4.69) is 17.1 Å². The van der Waals surface area contributed by atoms with E-state index in [9.17, 15) is 0 Å². The number of pyridine rings is 1. The van der Waals surface area contributed by atoms with Gasteiger partial charge in [0.25, 0.3) is 0 Å². The number of hydrogen-bond donors (Lipinski definition) is 1. The number of nitrogens with zero attached hydrogens (tertiary/aromatic N) is 5. The molecule has 0 atom stereocenters. The fraction of sp³-hybridized carbons (Fsp3) is 0. The van der Waals surface area contributed by atoms with Crippen LogP contribution in [-0.2, 0) is 0 Å². The normalized spacial score (nSPS) is 11.4. The van der Waals surface area contributed by atoms with Gasteiger partial charge in [-0.25, -0.2) is 19.9 Å². The summed E-state index contributed by atoms with van der Waals surface area (Å²) in [5.74, 6) is 0.608. The molecule has 0 fully saturated rings. The molecular formula is C29H18N6. The Morgan fingerprint density at radius 2 is 1.37 bits per heavy atom. The average Bonchev–Trinajstić information content (AvgIpc) is 3.46. The van der Waals surface area contributed by atoms with Crippen LogP contribution in [0.2, 0.25) is 0 Å². The number of aromatic nitrogens is 6. The Hall–Kier alpha value is -4.97. The number of benzene rings is 3. The molecule has 6 heteroatoms. The third kappa shape index (κ3) is 3.31. The van der Waals surface area contributed by atoms with Crippen LogP contribution >= 0.6 is 0 Å². The molecule has 0 radical (unpaired) electrons. The molecule has 0 aliphatic carbocycles. The molecule has 0 aliphatic heterocycles. The lowest BCUT2D eigenvalue weighted by Gasteiger charge is -2.12. The number of rotatable bonds is 3. The zero-order chi connectivity index (χ0) is 23.2. The highest BCUT2D eigenvalue weighted by atomic mass is 14.9. The molecule has 0 bridgehead atoms. The molecule has 35 heavy (non-hydrogen) atoms. The lowest BCUT2D eigenvalue weighted by atomic mass is 10.0. The van der Waals surface area contributed by atoms with E-state index in [-0.39, 0.29) is 0 Å². The number of aromatic amines is 1. The molecule has 6 nitrogen and oxygen atoms in total. The van der Waals surface area contributed by atoms with E-state index >= 15 is 0 Å². The van der Waals surface area contributed by atoms with Crippen LogP contribution in [0, 0.1) is 0 Å². The zero-order valence-electron chi connectivity index (χ0n) is 18.6. The number of hydrogen-bond acceptors (Lipinski definition) is 5. The summed E-state index contributed by atoms with van der Waals surface area (Å²) in [7, 11) is 0. The number of nitrogens with one attached hydrogen (secondary N) is 1. The van der Waals surface area contributed by atoms with Gasteiger partial charge in [-0.1, -0.05) is 42.5 Å². The van der Waals surface area contributed by atoms with Gasteiger partial charge in [0.1, 0.15) is 11.2 Å². The Bertz CT molecular complexity index is 1860. The highest BCUT2D eigenvalue weighted by Crippen LogP contribution is 2.36. The second-order valence-corrected chi connectivity index (χ2v) is 8.34. The third-order valence-corrected chi connectivity index (χ3v) is 6.18. The molecule has 7 rings (SSSR count). The van der Waals surface area contributed by atoms with Crippen molar-refractivity contribution in [2.24, 2.45) is 0 Å². The van der Waals surface area contributed by atoms with Gasteiger partial charge < -0.3 is 4.98 Å². The predicted molar refractivity (Wildman–Crippen MR) is 139 cm³/mol. The van der Waals surface area contributed by atoms with Gasteiger partial charge in [-0.2, -0.15) is 0 Å². The van der Waals surface area contributed by atoms with Crippen molar-refractivity contribution in [1.82, 2.24) is 29.9 Å². The van der Waals surface area contributed by atoms with E-state index in [0.29, 0.717) is 11.5 Å². The Balaban J connectivity index is 1.51. The van der Waals surface area contributed by atoms with Crippen LogP contribution in [0.25, 0.3) is 66.9 Å². The summed E-state index contributed by atoms with van der Waals surface area (Å²) in [6.45, 7) is 0. The maximum Gasteiger partial charge on any atom is 0.162 e. The molecule has 0 spiro atoms. The summed E-state index contributed by atoms with van der Waals surface area (Å²) in [4.78, 5) is 27.6. The van der Waals surface area contributed by atoms with Gasteiger partial charge in [0.2, 0.25) is 0 Å². The quantitative estimate of drug-likeness (QED) is 0.335. The van der Waals surface area contributed by atoms with Crippen molar-refractivity contribution in [3.8, 4) is 34.0 Å². The minimum absolute atomic E-state index is 0.608. The smallest absolute Gasteiger partial charge is 0.162 e. The Kier molecular flexibility index (Phi) is 4.35. The largest absolute Gasteiger partial charge is 0.361 e. The van der Waals surface area contributed by atoms with Crippen LogP contribution in [0.15, 0.2) is 104 Å². The maximum absolute atomic E-state index is 5.06. The number of H-pyrrole nitrogens is 1. The predicted octanol–water partition coefficient (Wildman–Crippen LogP) is 6.45. The molecule has 0 unspecified atom stereocenters. The molecule has 0 saturated carbocycles. The first kappa shape index (κ1) is 19.5. The minimum atomic E-state index is 0.608. The summed E-state index contributed by atoms with van der Waals surface area (Å²) in [5.41, 5.74) is 7.56. The topological polar surface area (TPSA) is 80.2 Å². The van der Waals surface area contributed by atoms with Gasteiger partial charge in [0.05, 0.1) is 34.0 Å². The van der Waals surface area contributed by atoms with Crippen LogP contribution < -0.4 is 0 Å². The fourth-order valence-electron chi connectivity index (χ4n) is 4.45. The molecule has 3 aromatic carbocycles. The Morgan fingerprint density at radius 1 is 0.543 bits per heavy atom. The van der Waals surface area contributed by atoms with Crippen LogP contribution in [0.1, 0.15) is 0 Å². The van der Waals surface area contributed by atoms with E-state index in [4.69, 9.17) is 24.9 Å². The lowest BCUT2D eigenvalue weighted by molar-refractivity contribution is 1.21. The van der Waals surface area contributed by atoms with Crippen molar-refractivity contribution in [2.75, 3.05) is 0 Å². The van der Waals surface area contributed by atoms with Crippen molar-refractivity contribution >= 4 is 32.8 Å². The van der Waals surface area contributed by atoms with Gasteiger partial charge in [-0.3, -0.25) is 4.98 Å². The van der Waals surface area contributed by atoms with Crippen molar-refractivity contribution in [3.05, 3.63) is 104 Å². The molecule has 0 amide bonds. The Labute approximate surface area is 200 Å². The molecule has 4 aromatic heterocycles. The van der Waals surface area contributed by atoms with Crippen LogP contribution in [0.5, 0.6) is 0 Å². The van der Waals surface area contributed by atoms with E-state index in [1.165, 1.54) is 0 Å². The molecule has 164 valence electrons. The van der Waals surface area contributed by atoms with Crippen molar-refractivity contribution < 1.29 is 0 Å². The van der Waals surface area contributed by atoms with Crippen molar-refractivity contribution in [3.63, 3.8) is 0 Å². The molecule has 0 aliphatic rings. The first-order valence-electron chi connectivity index (χ1n) is 11.4. The molecular weight excluding hydrogens is 432 g/mol. The van der Waals surface area contributed by atoms with E-state index in [1.54, 1.807) is 6.20 Å². The summed E-state index contributed by atoms with van der Waals surface area (Å²) in [5, 5.41) is 2.08. The van der Waals surface area contributed by atoms with Crippen LogP contribution in [0.3, 0.4) is 0 Å². The van der Waals surface area contributed by atoms with Crippen molar-refractivity contribution in [2.45, 2.75) is 0 Å². The lowest BCUT2D eigenvalue weighted by Crippen LogP contribution is -1.98. The van der Waals surface area contributed by atoms with Gasteiger partial charge in [-0.05, 0) is 42.5 Å². The number of fused-ring (bicyclic) bond motifs is 3. The Morgan fingerprint density at radius 3 is 2.23 bits per heavy atom.